The summed E-state index contributed by atoms with van der Waals surface area (Å²) in [6.07, 6.45) is 5.21. The molecule has 0 atom stereocenters. The molecule has 4 N–H and O–H groups in total. The first-order chi connectivity index (χ1) is 15.1. The zero-order valence-electron chi connectivity index (χ0n) is 16.8. The van der Waals surface area contributed by atoms with Crippen molar-refractivity contribution in [2.24, 2.45) is 5.73 Å². The van der Waals surface area contributed by atoms with Crippen LogP contribution in [-0.4, -0.2) is 31.8 Å². The highest BCUT2D eigenvalue weighted by Gasteiger charge is 2.11. The Hall–Kier alpha value is -3.59. The molecule has 0 fully saturated rings. The van der Waals surface area contributed by atoms with E-state index in [-0.39, 0.29) is 11.6 Å². The molecule has 31 heavy (non-hydrogen) atoms. The van der Waals surface area contributed by atoms with E-state index in [0.29, 0.717) is 12.2 Å². The monoisotopic (exact) mass is 434 g/mol. The number of para-hydroxylation sites is 2. The standard InChI is InChI=1S/C22H22N6O2S/c23-21(29)17-10-9-14(11-24-17)12-25-22(30)18-13-31-20(28-18)8-4-3-7-19-26-15-5-1-2-6-16(15)27-19/h1-2,5-6,9-11,13H,3-4,7-8,12H2,(H2,23,29)(H,25,30)(H,26,27). The fourth-order valence-electron chi connectivity index (χ4n) is 3.17. The lowest BCUT2D eigenvalue weighted by Gasteiger charge is -2.03. The van der Waals surface area contributed by atoms with Gasteiger partial charge in [0.25, 0.3) is 11.8 Å². The molecule has 0 saturated carbocycles. The van der Waals surface area contributed by atoms with Crippen LogP contribution in [0.1, 0.15) is 50.2 Å². The first-order valence-corrected chi connectivity index (χ1v) is 10.9. The lowest BCUT2D eigenvalue weighted by atomic mass is 10.2. The van der Waals surface area contributed by atoms with Gasteiger partial charge in [0.1, 0.15) is 17.2 Å². The average Bonchev–Trinajstić information content (AvgIpc) is 3.42. The number of hydrogen-bond acceptors (Lipinski definition) is 6. The van der Waals surface area contributed by atoms with Crippen molar-refractivity contribution < 1.29 is 9.59 Å². The number of imidazole rings is 1. The predicted molar refractivity (Wildman–Crippen MR) is 119 cm³/mol. The van der Waals surface area contributed by atoms with Crippen molar-refractivity contribution in [3.8, 4) is 0 Å². The van der Waals surface area contributed by atoms with Gasteiger partial charge in [-0.05, 0) is 43.0 Å². The summed E-state index contributed by atoms with van der Waals surface area (Å²) in [5.41, 5.74) is 8.61. The van der Waals surface area contributed by atoms with Crippen LogP contribution in [0.4, 0.5) is 0 Å². The smallest absolute Gasteiger partial charge is 0.271 e. The summed E-state index contributed by atoms with van der Waals surface area (Å²) in [4.78, 5) is 39.7. The van der Waals surface area contributed by atoms with Crippen molar-refractivity contribution in [3.63, 3.8) is 0 Å². The number of thiazole rings is 1. The van der Waals surface area contributed by atoms with Gasteiger partial charge in [0.05, 0.1) is 16.0 Å². The van der Waals surface area contributed by atoms with Gasteiger partial charge in [0, 0.05) is 24.5 Å². The average molecular weight is 435 g/mol. The Balaban J connectivity index is 1.22. The van der Waals surface area contributed by atoms with Crippen molar-refractivity contribution in [1.82, 2.24) is 25.3 Å². The van der Waals surface area contributed by atoms with Crippen molar-refractivity contribution in [1.29, 1.82) is 0 Å². The van der Waals surface area contributed by atoms with Crippen LogP contribution in [0.5, 0.6) is 0 Å². The molecule has 0 aliphatic heterocycles. The molecule has 4 aromatic rings. The molecule has 0 radical (unpaired) electrons. The number of benzene rings is 1. The van der Waals surface area contributed by atoms with E-state index in [1.165, 1.54) is 23.6 Å². The molecule has 9 heteroatoms. The highest BCUT2D eigenvalue weighted by Crippen LogP contribution is 2.15. The van der Waals surface area contributed by atoms with E-state index in [1.54, 1.807) is 11.4 Å². The Morgan fingerprint density at radius 3 is 2.65 bits per heavy atom. The van der Waals surface area contributed by atoms with Gasteiger partial charge in [0.15, 0.2) is 0 Å². The third-order valence-electron chi connectivity index (χ3n) is 4.81. The minimum absolute atomic E-state index is 0.194. The van der Waals surface area contributed by atoms with Crippen LogP contribution in [0.3, 0.4) is 0 Å². The number of primary amides is 1. The molecule has 8 nitrogen and oxygen atoms in total. The van der Waals surface area contributed by atoms with Crippen molar-refractivity contribution in [3.05, 3.63) is 75.8 Å². The second kappa shape index (κ2) is 9.48. The summed E-state index contributed by atoms with van der Waals surface area (Å²) in [6, 6.07) is 11.3. The normalized spacial score (nSPS) is 11.0. The van der Waals surface area contributed by atoms with Gasteiger partial charge in [-0.1, -0.05) is 18.2 Å². The Morgan fingerprint density at radius 1 is 1.03 bits per heavy atom. The maximum absolute atomic E-state index is 12.3. The highest BCUT2D eigenvalue weighted by molar-refractivity contribution is 7.09. The number of unbranched alkanes of at least 4 members (excludes halogenated alkanes) is 1. The van der Waals surface area contributed by atoms with E-state index >= 15 is 0 Å². The zero-order valence-corrected chi connectivity index (χ0v) is 17.6. The molecule has 158 valence electrons. The van der Waals surface area contributed by atoms with E-state index in [4.69, 9.17) is 5.73 Å². The number of aromatic amines is 1. The molecule has 3 aromatic heterocycles. The van der Waals surface area contributed by atoms with Crippen molar-refractivity contribution in [2.45, 2.75) is 32.2 Å². The number of pyridine rings is 1. The van der Waals surface area contributed by atoms with E-state index < -0.39 is 5.91 Å². The van der Waals surface area contributed by atoms with Gasteiger partial charge in [-0.2, -0.15) is 0 Å². The third-order valence-corrected chi connectivity index (χ3v) is 5.72. The second-order valence-electron chi connectivity index (χ2n) is 7.13. The summed E-state index contributed by atoms with van der Waals surface area (Å²) in [5.74, 6) is 0.186. The number of fused-ring (bicyclic) bond motifs is 1. The molecule has 4 rings (SSSR count). The Bertz CT molecular complexity index is 1170. The SMILES string of the molecule is NC(=O)c1ccc(CNC(=O)c2csc(CCCCc3nc4ccccc4[nH]3)n2)cn1. The summed E-state index contributed by atoms with van der Waals surface area (Å²) >= 11 is 1.50. The van der Waals surface area contributed by atoms with Crippen molar-refractivity contribution in [2.75, 3.05) is 0 Å². The number of carbonyl (C=O) groups excluding carboxylic acids is 2. The molecule has 0 bridgehead atoms. The number of amides is 2. The molecular weight excluding hydrogens is 412 g/mol. The molecular formula is C22H22N6O2S. The minimum atomic E-state index is -0.580. The lowest BCUT2D eigenvalue weighted by molar-refractivity contribution is 0.0944. The zero-order chi connectivity index (χ0) is 21.6. The Labute approximate surface area is 183 Å². The van der Waals surface area contributed by atoms with Crippen LogP contribution in [0, 0.1) is 0 Å². The molecule has 0 aliphatic carbocycles. The topological polar surface area (TPSA) is 127 Å². The Kier molecular flexibility index (Phi) is 6.32. The molecule has 1 aromatic carbocycles. The van der Waals surface area contributed by atoms with E-state index in [9.17, 15) is 9.59 Å². The van der Waals surface area contributed by atoms with Crippen LogP contribution >= 0.6 is 11.3 Å². The summed E-state index contributed by atoms with van der Waals surface area (Å²) in [5, 5.41) is 5.54. The minimum Gasteiger partial charge on any atom is -0.364 e. The van der Waals surface area contributed by atoms with Crippen LogP contribution < -0.4 is 11.1 Å². The number of carbonyl (C=O) groups is 2. The van der Waals surface area contributed by atoms with Crippen LogP contribution in [0.25, 0.3) is 11.0 Å². The molecule has 0 aliphatic rings. The van der Waals surface area contributed by atoms with E-state index in [1.807, 2.05) is 24.3 Å². The quantitative estimate of drug-likeness (QED) is 0.349. The van der Waals surface area contributed by atoms with E-state index in [0.717, 1.165) is 53.1 Å². The molecule has 0 saturated heterocycles. The highest BCUT2D eigenvalue weighted by atomic mass is 32.1. The first-order valence-electron chi connectivity index (χ1n) is 9.99. The molecule has 3 heterocycles. The fraction of sp³-hybridized carbons (Fsp3) is 0.227. The number of nitrogens with zero attached hydrogens (tertiary/aromatic N) is 3. The number of nitrogens with one attached hydrogen (secondary N) is 2. The maximum atomic E-state index is 12.3. The largest absolute Gasteiger partial charge is 0.364 e. The second-order valence-corrected chi connectivity index (χ2v) is 8.08. The summed E-state index contributed by atoms with van der Waals surface area (Å²) in [6.45, 7) is 0.301. The van der Waals surface area contributed by atoms with Gasteiger partial charge in [-0.3, -0.25) is 14.6 Å². The number of nitrogens with two attached hydrogens (primary N) is 1. The van der Waals surface area contributed by atoms with E-state index in [2.05, 4.69) is 25.3 Å². The number of hydrogen-bond donors (Lipinski definition) is 3. The maximum Gasteiger partial charge on any atom is 0.271 e. The summed E-state index contributed by atoms with van der Waals surface area (Å²) < 4.78 is 0. The lowest BCUT2D eigenvalue weighted by Crippen LogP contribution is -2.23. The molecule has 0 spiro atoms. The molecule has 2 amide bonds. The number of aromatic nitrogens is 4. The third kappa shape index (κ3) is 5.32. The van der Waals surface area contributed by atoms with Gasteiger partial charge in [-0.15, -0.1) is 11.3 Å². The molecule has 0 unspecified atom stereocenters. The number of H-pyrrole nitrogens is 1. The Morgan fingerprint density at radius 2 is 1.87 bits per heavy atom. The predicted octanol–water partition coefficient (Wildman–Crippen LogP) is 3.01. The van der Waals surface area contributed by atoms with Crippen molar-refractivity contribution >= 4 is 34.2 Å². The van der Waals surface area contributed by atoms with Crippen LogP contribution in [-0.2, 0) is 19.4 Å². The summed E-state index contributed by atoms with van der Waals surface area (Å²) in [7, 11) is 0. The van der Waals surface area contributed by atoms with Gasteiger partial charge in [0.2, 0.25) is 0 Å². The van der Waals surface area contributed by atoms with Gasteiger partial charge < -0.3 is 16.0 Å². The number of aryl methyl sites for hydroxylation is 2. The number of rotatable bonds is 9. The van der Waals surface area contributed by atoms with Gasteiger partial charge in [-0.25, -0.2) is 9.97 Å². The first kappa shape index (κ1) is 20.7. The van der Waals surface area contributed by atoms with Crippen LogP contribution in [0.15, 0.2) is 48.0 Å². The van der Waals surface area contributed by atoms with Crippen LogP contribution in [0.2, 0.25) is 0 Å². The fourth-order valence-corrected chi connectivity index (χ4v) is 3.99. The van der Waals surface area contributed by atoms with Gasteiger partial charge >= 0.3 is 0 Å².